The molecule has 0 atom stereocenters. The number of sulfone groups is 1. The summed E-state index contributed by atoms with van der Waals surface area (Å²) in [4.78, 5) is 2.27. The number of hydrogen-bond acceptors (Lipinski definition) is 4. The monoisotopic (exact) mass is 246 g/mol. The Kier molecular flexibility index (Phi) is 3.56. The van der Waals surface area contributed by atoms with Crippen LogP contribution in [0.15, 0.2) is 0 Å². The highest BCUT2D eigenvalue weighted by molar-refractivity contribution is 7.91. The van der Waals surface area contributed by atoms with Crippen LogP contribution in [0.25, 0.3) is 0 Å². The van der Waals surface area contributed by atoms with Crippen LogP contribution in [-0.4, -0.2) is 51.0 Å². The maximum Gasteiger partial charge on any atom is 0.152 e. The van der Waals surface area contributed by atoms with Crippen molar-refractivity contribution in [3.8, 4) is 0 Å². The fraction of sp³-hybridized carbons (Fsp3) is 1.00. The summed E-state index contributed by atoms with van der Waals surface area (Å²) in [6.07, 6.45) is 4.97. The van der Waals surface area contributed by atoms with E-state index in [9.17, 15) is 8.42 Å². The highest BCUT2D eigenvalue weighted by atomic mass is 32.2. The molecule has 4 nitrogen and oxygen atoms in total. The van der Waals surface area contributed by atoms with Crippen LogP contribution in [0.2, 0.25) is 0 Å². The molecular formula is C11H22N2O2S. The highest BCUT2D eigenvalue weighted by Crippen LogP contribution is 2.42. The maximum absolute atomic E-state index is 11.3. The lowest BCUT2D eigenvalue weighted by molar-refractivity contribution is 0.108. The van der Waals surface area contributed by atoms with E-state index in [0.29, 0.717) is 30.0 Å². The fourth-order valence-corrected chi connectivity index (χ4v) is 3.88. The molecule has 0 aromatic carbocycles. The standard InChI is InChI=1S/C11H22N2O2S/c12-10-11(2-1-3-11)4-5-13-6-8-16(14,15)9-7-13/h1-10,12H2. The number of nitrogens with zero attached hydrogens (tertiary/aromatic N) is 1. The van der Waals surface area contributed by atoms with Gasteiger partial charge >= 0.3 is 0 Å². The molecule has 0 radical (unpaired) electrons. The van der Waals surface area contributed by atoms with Gasteiger partial charge in [0.1, 0.15) is 0 Å². The molecule has 2 rings (SSSR count). The molecule has 0 aromatic heterocycles. The Bertz CT molecular complexity index is 316. The van der Waals surface area contributed by atoms with Crippen molar-refractivity contribution in [2.75, 3.05) is 37.7 Å². The number of nitrogens with two attached hydrogens (primary N) is 1. The normalized spacial score (nSPS) is 28.6. The molecule has 0 amide bonds. The number of rotatable bonds is 4. The third kappa shape index (κ3) is 2.76. The molecule has 1 heterocycles. The van der Waals surface area contributed by atoms with Crippen molar-refractivity contribution in [1.82, 2.24) is 4.90 Å². The van der Waals surface area contributed by atoms with Crippen molar-refractivity contribution >= 4 is 9.84 Å². The van der Waals surface area contributed by atoms with Crippen LogP contribution in [0.3, 0.4) is 0 Å². The smallest absolute Gasteiger partial charge is 0.152 e. The lowest BCUT2D eigenvalue weighted by Gasteiger charge is -2.42. The van der Waals surface area contributed by atoms with Gasteiger partial charge < -0.3 is 10.6 Å². The van der Waals surface area contributed by atoms with Crippen molar-refractivity contribution in [1.29, 1.82) is 0 Å². The van der Waals surface area contributed by atoms with Crippen LogP contribution in [0.4, 0.5) is 0 Å². The summed E-state index contributed by atoms with van der Waals surface area (Å²) in [5.41, 5.74) is 6.20. The van der Waals surface area contributed by atoms with Crippen molar-refractivity contribution in [2.45, 2.75) is 25.7 Å². The summed E-state index contributed by atoms with van der Waals surface area (Å²) in [5.74, 6) is 0.672. The van der Waals surface area contributed by atoms with Crippen molar-refractivity contribution in [2.24, 2.45) is 11.1 Å². The van der Waals surface area contributed by atoms with Gasteiger partial charge in [-0.2, -0.15) is 0 Å². The Morgan fingerprint density at radius 2 is 1.81 bits per heavy atom. The largest absolute Gasteiger partial charge is 0.330 e. The molecule has 0 spiro atoms. The molecule has 2 aliphatic rings. The van der Waals surface area contributed by atoms with Gasteiger partial charge in [-0.1, -0.05) is 6.42 Å². The maximum atomic E-state index is 11.3. The molecule has 1 aliphatic carbocycles. The van der Waals surface area contributed by atoms with E-state index in [0.717, 1.165) is 19.5 Å². The predicted octanol–water partition coefficient (Wildman–Crippen LogP) is 0.236. The van der Waals surface area contributed by atoms with Crippen molar-refractivity contribution in [3.05, 3.63) is 0 Å². The van der Waals surface area contributed by atoms with Gasteiger partial charge in [0, 0.05) is 13.1 Å². The lowest BCUT2D eigenvalue weighted by Crippen LogP contribution is -2.44. The molecule has 1 saturated carbocycles. The molecule has 1 saturated heterocycles. The average Bonchev–Trinajstić information content (AvgIpc) is 2.19. The Morgan fingerprint density at radius 3 is 2.25 bits per heavy atom. The van der Waals surface area contributed by atoms with E-state index >= 15 is 0 Å². The summed E-state index contributed by atoms with van der Waals surface area (Å²) >= 11 is 0. The van der Waals surface area contributed by atoms with E-state index in [-0.39, 0.29) is 0 Å². The minimum absolute atomic E-state index is 0.336. The first kappa shape index (κ1) is 12.3. The van der Waals surface area contributed by atoms with Gasteiger partial charge in [-0.15, -0.1) is 0 Å². The van der Waals surface area contributed by atoms with Gasteiger partial charge in [0.05, 0.1) is 11.5 Å². The molecular weight excluding hydrogens is 224 g/mol. The summed E-state index contributed by atoms with van der Waals surface area (Å²) in [6.45, 7) is 3.23. The van der Waals surface area contributed by atoms with Crippen LogP contribution >= 0.6 is 0 Å². The van der Waals surface area contributed by atoms with E-state index < -0.39 is 9.84 Å². The van der Waals surface area contributed by atoms with Crippen molar-refractivity contribution in [3.63, 3.8) is 0 Å². The molecule has 2 N–H and O–H groups in total. The Labute approximate surface area is 98.1 Å². The zero-order chi connectivity index (χ0) is 11.6. The quantitative estimate of drug-likeness (QED) is 0.771. The predicted molar refractivity (Wildman–Crippen MR) is 65.0 cm³/mol. The van der Waals surface area contributed by atoms with Crippen LogP contribution < -0.4 is 5.73 Å². The second-order valence-electron chi connectivity index (χ2n) is 5.30. The van der Waals surface area contributed by atoms with E-state index in [4.69, 9.17) is 5.73 Å². The van der Waals surface area contributed by atoms with Gasteiger partial charge in [-0.25, -0.2) is 8.42 Å². The van der Waals surface area contributed by atoms with Gasteiger partial charge in [-0.3, -0.25) is 0 Å². The first-order valence-electron chi connectivity index (χ1n) is 6.18. The zero-order valence-electron chi connectivity index (χ0n) is 9.82. The van der Waals surface area contributed by atoms with Gasteiger partial charge in [-0.05, 0) is 37.8 Å². The Morgan fingerprint density at radius 1 is 1.19 bits per heavy atom. The van der Waals surface area contributed by atoms with E-state index in [1.807, 2.05) is 0 Å². The molecule has 5 heteroatoms. The summed E-state index contributed by atoms with van der Waals surface area (Å²) in [7, 11) is -2.73. The Hall–Kier alpha value is -0.130. The summed E-state index contributed by atoms with van der Waals surface area (Å²) in [5, 5.41) is 0. The van der Waals surface area contributed by atoms with Crippen molar-refractivity contribution < 1.29 is 8.42 Å². The lowest BCUT2D eigenvalue weighted by atomic mass is 9.66. The van der Waals surface area contributed by atoms with Crippen LogP contribution in [-0.2, 0) is 9.84 Å². The van der Waals surface area contributed by atoms with Gasteiger partial charge in [0.25, 0.3) is 0 Å². The third-order valence-corrected chi connectivity index (χ3v) is 5.85. The first-order valence-corrected chi connectivity index (χ1v) is 8.00. The zero-order valence-corrected chi connectivity index (χ0v) is 10.6. The van der Waals surface area contributed by atoms with Crippen LogP contribution in [0.5, 0.6) is 0 Å². The minimum atomic E-state index is -2.73. The van der Waals surface area contributed by atoms with Crippen LogP contribution in [0, 0.1) is 5.41 Å². The summed E-state index contributed by atoms with van der Waals surface area (Å²) < 4.78 is 22.5. The molecule has 0 unspecified atom stereocenters. The molecule has 0 bridgehead atoms. The SMILES string of the molecule is NCC1(CCN2CCS(=O)(=O)CC2)CCC1. The molecule has 94 valence electrons. The molecule has 2 fully saturated rings. The molecule has 1 aliphatic heterocycles. The first-order chi connectivity index (χ1) is 7.55. The van der Waals surface area contributed by atoms with Gasteiger partial charge in [0.15, 0.2) is 9.84 Å². The highest BCUT2D eigenvalue weighted by Gasteiger charge is 2.35. The number of hydrogen-bond donors (Lipinski definition) is 1. The third-order valence-electron chi connectivity index (χ3n) is 4.24. The second kappa shape index (κ2) is 4.63. The second-order valence-corrected chi connectivity index (χ2v) is 7.60. The van der Waals surface area contributed by atoms with E-state index in [2.05, 4.69) is 4.90 Å². The van der Waals surface area contributed by atoms with E-state index in [1.54, 1.807) is 0 Å². The topological polar surface area (TPSA) is 63.4 Å². The fourth-order valence-electron chi connectivity index (χ4n) is 2.60. The Balaban J connectivity index is 1.75. The minimum Gasteiger partial charge on any atom is -0.330 e. The molecule has 0 aromatic rings. The summed E-state index contributed by atoms with van der Waals surface area (Å²) in [6, 6.07) is 0. The van der Waals surface area contributed by atoms with Crippen LogP contribution in [0.1, 0.15) is 25.7 Å². The average molecular weight is 246 g/mol. The molecule has 16 heavy (non-hydrogen) atoms. The van der Waals surface area contributed by atoms with E-state index in [1.165, 1.54) is 19.3 Å². The van der Waals surface area contributed by atoms with Gasteiger partial charge in [0.2, 0.25) is 0 Å².